The third-order valence-corrected chi connectivity index (χ3v) is 2.34. The molecule has 0 heterocycles. The lowest BCUT2D eigenvalue weighted by atomic mass is 10.3. The van der Waals surface area contributed by atoms with Crippen molar-refractivity contribution < 1.29 is 4.79 Å². The van der Waals surface area contributed by atoms with Gasteiger partial charge in [-0.1, -0.05) is 46.7 Å². The fourth-order valence-corrected chi connectivity index (χ4v) is 0.958. The largest absolute Gasteiger partial charge is 0.324 e. The summed E-state index contributed by atoms with van der Waals surface area (Å²) in [7, 11) is 0. The number of anilines is 1. The van der Waals surface area contributed by atoms with Gasteiger partial charge in [0.15, 0.2) is 3.92 Å². The first-order chi connectivity index (χ1) is 6.24. The van der Waals surface area contributed by atoms with Crippen molar-refractivity contribution in [2.75, 3.05) is 5.32 Å². The Morgan fingerprint density at radius 2 is 2.08 bits per heavy atom. The normalized spacial score (nSPS) is 11.4. The van der Waals surface area contributed by atoms with Gasteiger partial charge in [0.2, 0.25) is 5.91 Å². The molecule has 0 saturated carbocycles. The van der Waals surface area contributed by atoms with Crippen LogP contribution in [0.3, 0.4) is 0 Å². The molecule has 0 aliphatic rings. The van der Waals surface area contributed by atoms with E-state index in [0.29, 0.717) is 0 Å². The zero-order valence-electron chi connectivity index (χ0n) is 6.83. The van der Waals surface area contributed by atoms with Crippen LogP contribution in [0.4, 0.5) is 5.69 Å². The molecule has 1 aromatic carbocycles. The summed E-state index contributed by atoms with van der Waals surface area (Å²) in [5, 5.41) is 2.70. The minimum atomic E-state index is -0.419. The van der Waals surface area contributed by atoms with E-state index in [1.165, 1.54) is 0 Å². The Balaban J connectivity index is 2.62. The first-order valence-electron chi connectivity index (χ1n) is 3.70. The fourth-order valence-electron chi connectivity index (χ4n) is 0.803. The molecule has 0 aliphatic carbocycles. The van der Waals surface area contributed by atoms with Gasteiger partial charge in [-0.3, -0.25) is 4.79 Å². The Morgan fingerprint density at radius 1 is 1.46 bits per heavy atom. The van der Waals surface area contributed by atoms with E-state index >= 15 is 0 Å². The number of rotatable bonds is 2. The zero-order valence-corrected chi connectivity index (χ0v) is 8.99. The van der Waals surface area contributed by atoms with E-state index in [1.54, 1.807) is 0 Å². The molecule has 0 saturated heterocycles. The van der Waals surface area contributed by atoms with Gasteiger partial charge >= 0.3 is 0 Å². The van der Waals surface area contributed by atoms with Crippen molar-refractivity contribution in [1.29, 1.82) is 0 Å². The van der Waals surface area contributed by atoms with E-state index in [4.69, 9.17) is 6.42 Å². The summed E-state index contributed by atoms with van der Waals surface area (Å²) in [5.41, 5.74) is 0.768. The molecule has 0 fully saturated rings. The van der Waals surface area contributed by atoms with Gasteiger partial charge in [0.1, 0.15) is 0 Å². The maximum Gasteiger partial charge on any atom is 0.249 e. The van der Waals surface area contributed by atoms with E-state index in [9.17, 15) is 4.79 Å². The standard InChI is InChI=1S/C10H8INO/c1-2-9(11)10(13)12-8-6-4-3-5-7-8/h1,3-7,9H,(H,12,13). The molecular formula is C10H8INO. The molecular weight excluding hydrogens is 277 g/mol. The highest BCUT2D eigenvalue weighted by molar-refractivity contribution is 14.1. The van der Waals surface area contributed by atoms with Crippen LogP contribution in [0.15, 0.2) is 30.3 Å². The summed E-state index contributed by atoms with van der Waals surface area (Å²) >= 11 is 1.91. The van der Waals surface area contributed by atoms with Gasteiger partial charge < -0.3 is 5.32 Å². The predicted molar refractivity (Wildman–Crippen MR) is 61.7 cm³/mol. The van der Waals surface area contributed by atoms with Crippen LogP contribution in [0.5, 0.6) is 0 Å². The maximum atomic E-state index is 11.3. The molecule has 1 amide bonds. The zero-order chi connectivity index (χ0) is 9.68. The first-order valence-corrected chi connectivity index (χ1v) is 4.94. The second-order valence-electron chi connectivity index (χ2n) is 2.38. The number of carbonyl (C=O) groups is 1. The van der Waals surface area contributed by atoms with Crippen LogP contribution in [0.1, 0.15) is 0 Å². The third-order valence-electron chi connectivity index (χ3n) is 1.42. The number of benzene rings is 1. The average molecular weight is 285 g/mol. The highest BCUT2D eigenvalue weighted by Crippen LogP contribution is 2.08. The summed E-state index contributed by atoms with van der Waals surface area (Å²) in [6.45, 7) is 0. The SMILES string of the molecule is C#CC(I)C(=O)Nc1ccccc1. The Labute approximate surface area is 90.9 Å². The Kier molecular flexibility index (Phi) is 3.77. The molecule has 3 heteroatoms. The molecule has 0 bridgehead atoms. The second-order valence-corrected chi connectivity index (χ2v) is 3.63. The number of halogens is 1. The predicted octanol–water partition coefficient (Wildman–Crippen LogP) is 2.06. The number of hydrogen-bond donors (Lipinski definition) is 1. The molecule has 0 aliphatic heterocycles. The number of alkyl halides is 1. The topological polar surface area (TPSA) is 29.1 Å². The van der Waals surface area contributed by atoms with Gasteiger partial charge in [-0.2, -0.15) is 0 Å². The van der Waals surface area contributed by atoms with E-state index in [-0.39, 0.29) is 5.91 Å². The van der Waals surface area contributed by atoms with Crippen molar-refractivity contribution >= 4 is 34.2 Å². The van der Waals surface area contributed by atoms with Gasteiger partial charge in [0.25, 0.3) is 0 Å². The summed E-state index contributed by atoms with van der Waals surface area (Å²) in [6, 6.07) is 9.23. The van der Waals surface area contributed by atoms with Gasteiger partial charge in [-0.05, 0) is 12.1 Å². The van der Waals surface area contributed by atoms with Crippen LogP contribution in [0.25, 0.3) is 0 Å². The average Bonchev–Trinajstić information content (AvgIpc) is 2.18. The van der Waals surface area contributed by atoms with Gasteiger partial charge in [-0.25, -0.2) is 0 Å². The van der Waals surface area contributed by atoms with Crippen LogP contribution < -0.4 is 5.32 Å². The minimum Gasteiger partial charge on any atom is -0.324 e. The van der Waals surface area contributed by atoms with Gasteiger partial charge in [-0.15, -0.1) is 6.42 Å². The van der Waals surface area contributed by atoms with Crippen LogP contribution in [-0.4, -0.2) is 9.83 Å². The molecule has 0 aromatic heterocycles. The van der Waals surface area contributed by atoms with Gasteiger partial charge in [0, 0.05) is 5.69 Å². The molecule has 1 unspecified atom stereocenters. The Bertz CT molecular complexity index is 329. The number of amides is 1. The molecule has 1 rings (SSSR count). The van der Waals surface area contributed by atoms with Crippen molar-refractivity contribution in [3.63, 3.8) is 0 Å². The lowest BCUT2D eigenvalue weighted by molar-refractivity contribution is -0.114. The molecule has 2 nitrogen and oxygen atoms in total. The number of hydrogen-bond acceptors (Lipinski definition) is 1. The highest BCUT2D eigenvalue weighted by atomic mass is 127. The minimum absolute atomic E-state index is 0.158. The highest BCUT2D eigenvalue weighted by Gasteiger charge is 2.10. The van der Waals surface area contributed by atoms with E-state index in [2.05, 4.69) is 11.2 Å². The molecule has 1 aromatic rings. The summed E-state index contributed by atoms with van der Waals surface area (Å²) in [6.07, 6.45) is 5.11. The van der Waals surface area contributed by atoms with Crippen LogP contribution in [-0.2, 0) is 4.79 Å². The first kappa shape index (κ1) is 10.1. The summed E-state index contributed by atoms with van der Waals surface area (Å²) in [4.78, 5) is 11.3. The smallest absolute Gasteiger partial charge is 0.249 e. The summed E-state index contributed by atoms with van der Waals surface area (Å²) < 4.78 is -0.419. The Hall–Kier alpha value is -1.02. The van der Waals surface area contributed by atoms with Crippen molar-refractivity contribution in [2.24, 2.45) is 0 Å². The van der Waals surface area contributed by atoms with Crippen LogP contribution in [0.2, 0.25) is 0 Å². The quantitative estimate of drug-likeness (QED) is 0.503. The van der Waals surface area contributed by atoms with E-state index in [0.717, 1.165) is 5.69 Å². The fraction of sp³-hybridized carbons (Fsp3) is 0.100. The van der Waals surface area contributed by atoms with E-state index < -0.39 is 3.92 Å². The number of carbonyl (C=O) groups excluding carboxylic acids is 1. The van der Waals surface area contributed by atoms with Crippen LogP contribution in [0, 0.1) is 12.3 Å². The second kappa shape index (κ2) is 4.87. The van der Waals surface area contributed by atoms with Crippen molar-refractivity contribution in [2.45, 2.75) is 3.92 Å². The molecule has 66 valence electrons. The lowest BCUT2D eigenvalue weighted by Crippen LogP contribution is -2.20. The monoisotopic (exact) mass is 285 g/mol. The number of nitrogens with one attached hydrogen (secondary N) is 1. The van der Waals surface area contributed by atoms with Crippen LogP contribution >= 0.6 is 22.6 Å². The van der Waals surface area contributed by atoms with E-state index in [1.807, 2.05) is 52.9 Å². The van der Waals surface area contributed by atoms with Crippen molar-refractivity contribution in [3.05, 3.63) is 30.3 Å². The van der Waals surface area contributed by atoms with Crippen molar-refractivity contribution in [3.8, 4) is 12.3 Å². The third kappa shape index (κ3) is 3.07. The molecule has 13 heavy (non-hydrogen) atoms. The van der Waals surface area contributed by atoms with Crippen molar-refractivity contribution in [1.82, 2.24) is 0 Å². The molecule has 1 N–H and O–H groups in total. The number of terminal acetylenes is 1. The molecule has 1 atom stereocenters. The summed E-state index contributed by atoms with van der Waals surface area (Å²) in [5.74, 6) is 2.20. The molecule has 0 radical (unpaired) electrons. The lowest BCUT2D eigenvalue weighted by Gasteiger charge is -2.04. The van der Waals surface area contributed by atoms with Gasteiger partial charge in [0.05, 0.1) is 0 Å². The maximum absolute atomic E-state index is 11.3. The molecule has 0 spiro atoms. The Morgan fingerprint density at radius 3 is 2.62 bits per heavy atom. The number of para-hydroxylation sites is 1.